The number of para-hydroxylation sites is 1. The van der Waals surface area contributed by atoms with E-state index in [1.54, 1.807) is 17.6 Å². The molecule has 0 saturated heterocycles. The highest BCUT2D eigenvalue weighted by Crippen LogP contribution is 2.19. The van der Waals surface area contributed by atoms with Gasteiger partial charge in [-0.25, -0.2) is 0 Å². The van der Waals surface area contributed by atoms with Crippen molar-refractivity contribution in [1.29, 1.82) is 0 Å². The summed E-state index contributed by atoms with van der Waals surface area (Å²) in [5.74, 6) is 0.307. The molecule has 1 atom stereocenters. The van der Waals surface area contributed by atoms with Crippen molar-refractivity contribution in [3.63, 3.8) is 0 Å². The van der Waals surface area contributed by atoms with Crippen LogP contribution in [0, 0.1) is 0 Å². The number of carbonyl (C=O) groups excluding carboxylic acids is 1. The van der Waals surface area contributed by atoms with E-state index in [0.717, 1.165) is 5.39 Å². The topological polar surface area (TPSA) is 110 Å². The fourth-order valence-corrected chi connectivity index (χ4v) is 2.38. The standard InChI is InChI=1S/C17H17N3O5S/c1-2-11(9-23-15-8-14(25-20-15)17(26)19-22)18-16(21)13-7-10-5-3-4-6-12(10)24-13/h3-8,11,22H,2,9H2,1H3,(H,18,21)(H,19,26)/t11-/m0/s1. The van der Waals surface area contributed by atoms with Crippen LogP contribution in [0.5, 0.6) is 5.88 Å². The van der Waals surface area contributed by atoms with Gasteiger partial charge in [0.2, 0.25) is 0 Å². The second-order valence-corrected chi connectivity index (χ2v) is 5.92. The molecule has 0 saturated carbocycles. The molecule has 0 unspecified atom stereocenters. The summed E-state index contributed by atoms with van der Waals surface area (Å²) in [6.07, 6.45) is 0.646. The highest BCUT2D eigenvalue weighted by Gasteiger charge is 2.18. The summed E-state index contributed by atoms with van der Waals surface area (Å²) >= 11 is 4.81. The third kappa shape index (κ3) is 4.01. The zero-order chi connectivity index (χ0) is 18.5. The Morgan fingerprint density at radius 1 is 1.35 bits per heavy atom. The van der Waals surface area contributed by atoms with Gasteiger partial charge in [0, 0.05) is 5.39 Å². The second-order valence-electron chi connectivity index (χ2n) is 5.51. The zero-order valence-corrected chi connectivity index (χ0v) is 14.7. The van der Waals surface area contributed by atoms with E-state index < -0.39 is 0 Å². The van der Waals surface area contributed by atoms with E-state index in [-0.39, 0.29) is 40.9 Å². The van der Waals surface area contributed by atoms with Gasteiger partial charge in [-0.2, -0.15) is 0 Å². The number of carbonyl (C=O) groups is 1. The summed E-state index contributed by atoms with van der Waals surface area (Å²) in [5.41, 5.74) is 2.46. The van der Waals surface area contributed by atoms with Crippen LogP contribution >= 0.6 is 12.2 Å². The van der Waals surface area contributed by atoms with Crippen LogP contribution in [0.3, 0.4) is 0 Å². The molecule has 26 heavy (non-hydrogen) atoms. The maximum absolute atomic E-state index is 12.4. The number of hydrogen-bond acceptors (Lipinski definition) is 7. The zero-order valence-electron chi connectivity index (χ0n) is 13.9. The van der Waals surface area contributed by atoms with E-state index in [2.05, 4.69) is 10.5 Å². The highest BCUT2D eigenvalue weighted by atomic mass is 32.1. The number of nitrogens with one attached hydrogen (secondary N) is 2. The molecule has 1 aromatic carbocycles. The summed E-state index contributed by atoms with van der Waals surface area (Å²) in [4.78, 5) is 12.4. The molecule has 0 aliphatic heterocycles. The average molecular weight is 375 g/mol. The molecule has 136 valence electrons. The molecular formula is C17H17N3O5S. The minimum Gasteiger partial charge on any atom is -0.473 e. The number of amides is 1. The number of thiocarbonyl (C=S) groups is 1. The normalized spacial score (nSPS) is 11.9. The molecular weight excluding hydrogens is 358 g/mol. The lowest BCUT2D eigenvalue weighted by atomic mass is 10.2. The minimum absolute atomic E-state index is 0.00224. The third-order valence-electron chi connectivity index (χ3n) is 3.72. The van der Waals surface area contributed by atoms with Crippen molar-refractivity contribution in [2.24, 2.45) is 0 Å². The van der Waals surface area contributed by atoms with Gasteiger partial charge in [-0.05, 0) is 23.7 Å². The van der Waals surface area contributed by atoms with E-state index in [1.807, 2.05) is 25.1 Å². The molecule has 0 aliphatic carbocycles. The largest absolute Gasteiger partial charge is 0.473 e. The van der Waals surface area contributed by atoms with Gasteiger partial charge in [0.25, 0.3) is 11.8 Å². The fourth-order valence-electron chi connectivity index (χ4n) is 2.29. The number of nitrogens with zero attached hydrogens (tertiary/aromatic N) is 1. The highest BCUT2D eigenvalue weighted by molar-refractivity contribution is 7.80. The Hall–Kier alpha value is -2.91. The minimum atomic E-state index is -0.317. The van der Waals surface area contributed by atoms with Crippen LogP contribution in [-0.2, 0) is 0 Å². The van der Waals surface area contributed by atoms with Gasteiger partial charge in [0.05, 0.1) is 12.1 Å². The number of furan rings is 1. The van der Waals surface area contributed by atoms with Gasteiger partial charge in [0.1, 0.15) is 12.2 Å². The van der Waals surface area contributed by atoms with Crippen molar-refractivity contribution >= 4 is 34.1 Å². The van der Waals surface area contributed by atoms with E-state index in [0.29, 0.717) is 12.0 Å². The third-order valence-corrected chi connectivity index (χ3v) is 4.02. The van der Waals surface area contributed by atoms with Crippen LogP contribution in [0.25, 0.3) is 11.0 Å². The van der Waals surface area contributed by atoms with Gasteiger partial charge in [-0.1, -0.05) is 37.3 Å². The lowest BCUT2D eigenvalue weighted by molar-refractivity contribution is 0.0892. The van der Waals surface area contributed by atoms with Crippen molar-refractivity contribution in [1.82, 2.24) is 16.0 Å². The van der Waals surface area contributed by atoms with Gasteiger partial charge >= 0.3 is 0 Å². The first-order chi connectivity index (χ1) is 12.6. The van der Waals surface area contributed by atoms with Crippen molar-refractivity contribution in [3.05, 3.63) is 47.9 Å². The van der Waals surface area contributed by atoms with Crippen molar-refractivity contribution in [2.75, 3.05) is 6.61 Å². The fraction of sp³-hybridized carbons (Fsp3) is 0.235. The van der Waals surface area contributed by atoms with Gasteiger partial charge in [0.15, 0.2) is 16.5 Å². The maximum Gasteiger partial charge on any atom is 0.287 e. The number of fused-ring (bicyclic) bond motifs is 1. The molecule has 2 aromatic heterocycles. The van der Waals surface area contributed by atoms with Crippen LogP contribution in [0.2, 0.25) is 0 Å². The van der Waals surface area contributed by atoms with Gasteiger partial charge in [-0.15, -0.1) is 0 Å². The number of benzene rings is 1. The molecule has 0 bridgehead atoms. The molecule has 0 aliphatic rings. The van der Waals surface area contributed by atoms with Crippen LogP contribution in [0.4, 0.5) is 0 Å². The number of hydrogen-bond donors (Lipinski definition) is 3. The van der Waals surface area contributed by atoms with Crippen molar-refractivity contribution < 1.29 is 23.7 Å². The summed E-state index contributed by atoms with van der Waals surface area (Å²) in [5, 5.41) is 16.2. The molecule has 0 fully saturated rings. The molecule has 0 radical (unpaired) electrons. The van der Waals surface area contributed by atoms with E-state index >= 15 is 0 Å². The summed E-state index contributed by atoms with van der Waals surface area (Å²) < 4.78 is 16.0. The molecule has 9 heteroatoms. The van der Waals surface area contributed by atoms with Crippen LogP contribution < -0.4 is 15.5 Å². The predicted octanol–water partition coefficient (Wildman–Crippen LogP) is 2.66. The predicted molar refractivity (Wildman–Crippen MR) is 96.4 cm³/mol. The smallest absolute Gasteiger partial charge is 0.287 e. The SMILES string of the molecule is CC[C@@H](COc1cc(C(=S)NO)on1)NC(=O)c1cc2ccccc2o1. The first kappa shape index (κ1) is 17.9. The van der Waals surface area contributed by atoms with E-state index in [4.69, 9.17) is 31.1 Å². The van der Waals surface area contributed by atoms with Gasteiger partial charge < -0.3 is 19.0 Å². The molecule has 3 rings (SSSR count). The number of rotatable bonds is 7. The first-order valence-corrected chi connectivity index (χ1v) is 8.35. The summed E-state index contributed by atoms with van der Waals surface area (Å²) in [6, 6.07) is 10.3. The molecule has 3 N–H and O–H groups in total. The molecule has 3 aromatic rings. The molecule has 8 nitrogen and oxygen atoms in total. The maximum atomic E-state index is 12.4. The Morgan fingerprint density at radius 3 is 2.88 bits per heavy atom. The number of hydroxylamine groups is 1. The molecule has 0 spiro atoms. The van der Waals surface area contributed by atoms with Crippen LogP contribution in [-0.4, -0.2) is 33.9 Å². The molecule has 1 amide bonds. The Kier molecular flexibility index (Phi) is 5.49. The average Bonchev–Trinajstić information content (AvgIpc) is 3.31. The van der Waals surface area contributed by atoms with Gasteiger partial charge in [-0.3, -0.25) is 15.5 Å². The van der Waals surface area contributed by atoms with E-state index in [1.165, 1.54) is 6.07 Å². The Balaban J connectivity index is 1.59. The Labute approximate surface area is 154 Å². The first-order valence-electron chi connectivity index (χ1n) is 7.94. The number of aromatic nitrogens is 1. The van der Waals surface area contributed by atoms with E-state index in [9.17, 15) is 4.79 Å². The van der Waals surface area contributed by atoms with Crippen LogP contribution in [0.1, 0.15) is 29.7 Å². The summed E-state index contributed by atoms with van der Waals surface area (Å²) in [7, 11) is 0. The van der Waals surface area contributed by atoms with Crippen molar-refractivity contribution in [2.45, 2.75) is 19.4 Å². The molecule has 2 heterocycles. The lowest BCUT2D eigenvalue weighted by Gasteiger charge is -2.15. The number of ether oxygens (including phenoxy) is 1. The van der Waals surface area contributed by atoms with Crippen molar-refractivity contribution in [3.8, 4) is 5.88 Å². The quantitative estimate of drug-likeness (QED) is 0.427. The second kappa shape index (κ2) is 7.98. The summed E-state index contributed by atoms with van der Waals surface area (Å²) in [6.45, 7) is 2.11. The monoisotopic (exact) mass is 375 g/mol. The lowest BCUT2D eigenvalue weighted by Crippen LogP contribution is -2.38. The Morgan fingerprint density at radius 2 is 2.15 bits per heavy atom. The van der Waals surface area contributed by atoms with Crippen LogP contribution in [0.15, 0.2) is 45.3 Å². The Bertz CT molecular complexity index is 887.